The minimum absolute atomic E-state index is 0.00653. The summed E-state index contributed by atoms with van der Waals surface area (Å²) in [5.41, 5.74) is 2.16. The van der Waals surface area contributed by atoms with Crippen molar-refractivity contribution in [1.82, 2.24) is 25.0 Å². The number of nitrogens with one attached hydrogen (secondary N) is 1. The molecule has 1 saturated heterocycles. The van der Waals surface area contributed by atoms with E-state index in [-0.39, 0.29) is 11.8 Å². The smallest absolute Gasteiger partial charge is 0.274 e. The molecule has 0 saturated carbocycles. The van der Waals surface area contributed by atoms with Crippen LogP contribution in [0, 0.1) is 12.9 Å². The Bertz CT molecular complexity index is 935. The lowest BCUT2D eigenvalue weighted by Gasteiger charge is -2.31. The van der Waals surface area contributed by atoms with Crippen molar-refractivity contribution >= 4 is 5.91 Å². The average Bonchev–Trinajstić information content (AvgIpc) is 3.30. The van der Waals surface area contributed by atoms with E-state index in [1.54, 1.807) is 4.90 Å². The Kier molecular flexibility index (Phi) is 4.24. The highest BCUT2D eigenvalue weighted by Gasteiger charge is 2.29. The fourth-order valence-corrected chi connectivity index (χ4v) is 3.23. The zero-order valence-electron chi connectivity index (χ0n) is 14.3. The van der Waals surface area contributed by atoms with E-state index in [4.69, 9.17) is 4.52 Å². The molecular weight excluding hydrogens is 337 g/mol. The lowest BCUT2D eigenvalue weighted by Crippen LogP contribution is -2.39. The summed E-state index contributed by atoms with van der Waals surface area (Å²) in [6.45, 7) is 3.08. The van der Waals surface area contributed by atoms with Crippen LogP contribution in [0.4, 0.5) is 4.39 Å². The number of hydrogen-bond donors (Lipinski definition) is 1. The maximum Gasteiger partial charge on any atom is 0.274 e. The molecule has 8 heteroatoms. The fraction of sp³-hybridized carbons (Fsp3) is 0.333. The van der Waals surface area contributed by atoms with Crippen LogP contribution in [0.5, 0.6) is 0 Å². The third-order valence-corrected chi connectivity index (χ3v) is 4.55. The number of rotatable bonds is 3. The number of pyridine rings is 1. The Morgan fingerprint density at radius 3 is 3.08 bits per heavy atom. The van der Waals surface area contributed by atoms with Crippen molar-refractivity contribution in [3.05, 3.63) is 53.5 Å². The highest BCUT2D eigenvalue weighted by molar-refractivity contribution is 5.94. The van der Waals surface area contributed by atoms with Crippen LogP contribution < -0.4 is 0 Å². The molecule has 1 atom stereocenters. The Balaban J connectivity index is 1.50. The topological polar surface area (TPSA) is 87.9 Å². The van der Waals surface area contributed by atoms with Crippen molar-refractivity contribution in [2.24, 2.45) is 0 Å². The van der Waals surface area contributed by atoms with Gasteiger partial charge >= 0.3 is 0 Å². The number of piperidine rings is 1. The number of aryl methyl sites for hydroxylation is 1. The van der Waals surface area contributed by atoms with Gasteiger partial charge in [0.05, 0.1) is 0 Å². The second-order valence-electron chi connectivity index (χ2n) is 6.51. The van der Waals surface area contributed by atoms with Gasteiger partial charge in [-0.2, -0.15) is 9.37 Å². The second-order valence-corrected chi connectivity index (χ2v) is 6.51. The van der Waals surface area contributed by atoms with Gasteiger partial charge in [-0.25, -0.2) is 4.98 Å². The molecule has 0 aliphatic carbocycles. The highest BCUT2D eigenvalue weighted by Crippen LogP contribution is 2.27. The monoisotopic (exact) mass is 355 g/mol. The van der Waals surface area contributed by atoms with E-state index in [1.165, 1.54) is 12.3 Å². The van der Waals surface area contributed by atoms with Crippen LogP contribution >= 0.6 is 0 Å². The SMILES string of the molecule is Cc1c[nH]c(-c2nc(C3CCCN(C(=O)c4ccnc(F)c4)C3)no2)c1. The molecule has 1 amide bonds. The number of H-pyrrole nitrogens is 1. The summed E-state index contributed by atoms with van der Waals surface area (Å²) in [4.78, 5) is 25.4. The van der Waals surface area contributed by atoms with Gasteiger partial charge in [-0.3, -0.25) is 4.79 Å². The predicted octanol–water partition coefficient (Wildman–Crippen LogP) is 2.93. The quantitative estimate of drug-likeness (QED) is 0.730. The van der Waals surface area contributed by atoms with E-state index in [1.807, 2.05) is 19.2 Å². The molecule has 4 rings (SSSR count). The summed E-state index contributed by atoms with van der Waals surface area (Å²) in [6.07, 6.45) is 4.87. The van der Waals surface area contributed by atoms with Gasteiger partial charge in [0.25, 0.3) is 11.8 Å². The van der Waals surface area contributed by atoms with Crippen LogP contribution in [0.3, 0.4) is 0 Å². The van der Waals surface area contributed by atoms with Crippen LogP contribution in [0.1, 0.15) is 40.5 Å². The predicted molar refractivity (Wildman–Crippen MR) is 90.9 cm³/mol. The molecule has 1 N–H and O–H groups in total. The number of halogens is 1. The van der Waals surface area contributed by atoms with Crippen LogP contribution in [0.25, 0.3) is 11.6 Å². The summed E-state index contributed by atoms with van der Waals surface area (Å²) in [5, 5.41) is 4.09. The Morgan fingerprint density at radius 1 is 1.42 bits per heavy atom. The van der Waals surface area contributed by atoms with Gasteiger partial charge in [0.2, 0.25) is 5.95 Å². The number of nitrogens with zero attached hydrogens (tertiary/aromatic N) is 4. The molecule has 1 unspecified atom stereocenters. The molecule has 134 valence electrons. The molecule has 0 radical (unpaired) electrons. The molecule has 4 heterocycles. The first-order valence-corrected chi connectivity index (χ1v) is 8.50. The van der Waals surface area contributed by atoms with Crippen LogP contribution in [0.2, 0.25) is 0 Å². The molecule has 1 aliphatic rings. The minimum atomic E-state index is -0.659. The molecule has 3 aromatic rings. The number of carbonyl (C=O) groups is 1. The number of aromatic nitrogens is 4. The maximum absolute atomic E-state index is 13.3. The third kappa shape index (κ3) is 3.22. The van der Waals surface area contributed by atoms with Crippen molar-refractivity contribution in [3.63, 3.8) is 0 Å². The average molecular weight is 355 g/mol. The summed E-state index contributed by atoms with van der Waals surface area (Å²) < 4.78 is 18.6. The second kappa shape index (κ2) is 6.70. The lowest BCUT2D eigenvalue weighted by molar-refractivity contribution is 0.0703. The van der Waals surface area contributed by atoms with E-state index in [9.17, 15) is 9.18 Å². The zero-order chi connectivity index (χ0) is 18.1. The normalized spacial score (nSPS) is 17.5. The van der Waals surface area contributed by atoms with Gasteiger partial charge in [-0.05, 0) is 37.5 Å². The van der Waals surface area contributed by atoms with Crippen molar-refractivity contribution in [1.29, 1.82) is 0 Å². The highest BCUT2D eigenvalue weighted by atomic mass is 19.1. The van der Waals surface area contributed by atoms with Crippen molar-refractivity contribution in [3.8, 4) is 11.6 Å². The first kappa shape index (κ1) is 16.4. The van der Waals surface area contributed by atoms with Gasteiger partial charge in [0, 0.05) is 43.0 Å². The van der Waals surface area contributed by atoms with E-state index in [2.05, 4.69) is 20.1 Å². The summed E-state index contributed by atoms with van der Waals surface area (Å²) in [6, 6.07) is 4.62. The molecule has 7 nitrogen and oxygen atoms in total. The number of hydrogen-bond acceptors (Lipinski definition) is 5. The summed E-state index contributed by atoms with van der Waals surface area (Å²) in [5.74, 6) is 0.152. The van der Waals surface area contributed by atoms with Crippen LogP contribution in [-0.2, 0) is 0 Å². The first-order chi connectivity index (χ1) is 12.6. The zero-order valence-corrected chi connectivity index (χ0v) is 14.3. The van der Waals surface area contributed by atoms with Gasteiger partial charge in [-0.15, -0.1) is 0 Å². The molecule has 1 fully saturated rings. The third-order valence-electron chi connectivity index (χ3n) is 4.55. The molecule has 0 aromatic carbocycles. The Labute approximate surface area is 149 Å². The van der Waals surface area contributed by atoms with Gasteiger partial charge in [0.1, 0.15) is 5.69 Å². The molecule has 26 heavy (non-hydrogen) atoms. The number of likely N-dealkylation sites (tertiary alicyclic amines) is 1. The van der Waals surface area contributed by atoms with E-state index < -0.39 is 5.95 Å². The number of carbonyl (C=O) groups excluding carboxylic acids is 1. The minimum Gasteiger partial charge on any atom is -0.357 e. The molecular formula is C18H18FN5O2. The van der Waals surface area contributed by atoms with Gasteiger partial charge in [0.15, 0.2) is 5.82 Å². The number of aromatic amines is 1. The van der Waals surface area contributed by atoms with E-state index in [0.717, 1.165) is 30.2 Å². The fourth-order valence-electron chi connectivity index (χ4n) is 3.23. The van der Waals surface area contributed by atoms with Crippen LogP contribution in [-0.4, -0.2) is 44.0 Å². The lowest BCUT2D eigenvalue weighted by atomic mass is 9.97. The molecule has 1 aliphatic heterocycles. The summed E-state index contributed by atoms with van der Waals surface area (Å²) in [7, 11) is 0. The number of amides is 1. The van der Waals surface area contributed by atoms with Crippen molar-refractivity contribution in [2.45, 2.75) is 25.7 Å². The maximum atomic E-state index is 13.3. The molecule has 0 spiro atoms. The summed E-state index contributed by atoms with van der Waals surface area (Å²) >= 11 is 0. The standard InChI is InChI=1S/C18H18FN5O2/c1-11-7-14(21-9-11)17-22-16(23-26-17)13-3-2-6-24(10-13)18(25)12-4-5-20-15(19)8-12/h4-5,7-9,13,21H,2-3,6,10H2,1H3. The molecule has 3 aromatic heterocycles. The van der Waals surface area contributed by atoms with E-state index in [0.29, 0.717) is 30.4 Å². The molecule has 0 bridgehead atoms. The first-order valence-electron chi connectivity index (χ1n) is 8.50. The van der Waals surface area contributed by atoms with Crippen molar-refractivity contribution < 1.29 is 13.7 Å². The van der Waals surface area contributed by atoms with Gasteiger partial charge < -0.3 is 14.4 Å². The Morgan fingerprint density at radius 2 is 2.31 bits per heavy atom. The Hall–Kier alpha value is -3.03. The van der Waals surface area contributed by atoms with Gasteiger partial charge in [-0.1, -0.05) is 5.16 Å². The van der Waals surface area contributed by atoms with Crippen molar-refractivity contribution in [2.75, 3.05) is 13.1 Å². The van der Waals surface area contributed by atoms with E-state index >= 15 is 0 Å². The largest absolute Gasteiger partial charge is 0.357 e. The van der Waals surface area contributed by atoms with Crippen LogP contribution in [0.15, 0.2) is 35.1 Å².